The Morgan fingerprint density at radius 2 is 2.25 bits per heavy atom. The van der Waals surface area contributed by atoms with Crippen LogP contribution in [0.3, 0.4) is 0 Å². The minimum absolute atomic E-state index is 0.0518. The number of nitrogens with zero attached hydrogens (tertiary/aromatic N) is 1. The third-order valence-corrected chi connectivity index (χ3v) is 4.87. The number of benzene rings is 1. The molecule has 128 valence electrons. The maximum atomic E-state index is 12.3. The Bertz CT molecular complexity index is 758. The molecule has 0 saturated carbocycles. The molecular formula is C17H20N2O4S. The number of nitrogens with one attached hydrogen (secondary N) is 1. The minimum Gasteiger partial charge on any atom is -0.462 e. The summed E-state index contributed by atoms with van der Waals surface area (Å²) >= 11 is 1.39. The molecule has 1 aliphatic heterocycles. The summed E-state index contributed by atoms with van der Waals surface area (Å²) in [6, 6.07) is 7.28. The Balaban J connectivity index is 1.73. The zero-order chi connectivity index (χ0) is 17.1. The quantitative estimate of drug-likeness (QED) is 0.864. The lowest BCUT2D eigenvalue weighted by Gasteiger charge is -2.31. The van der Waals surface area contributed by atoms with Gasteiger partial charge in [0.25, 0.3) is 0 Å². The van der Waals surface area contributed by atoms with Crippen molar-refractivity contribution in [2.75, 3.05) is 31.6 Å². The van der Waals surface area contributed by atoms with Crippen LogP contribution in [0.5, 0.6) is 0 Å². The SMILES string of the molecule is CCOC(=O)c1cc2cc(NC(=O)N3CCO[C@H](C)C3)ccc2s1. The molecule has 7 heteroatoms. The van der Waals surface area contributed by atoms with E-state index in [4.69, 9.17) is 9.47 Å². The molecule has 2 heterocycles. The van der Waals surface area contributed by atoms with Gasteiger partial charge in [-0.05, 0) is 43.5 Å². The maximum Gasteiger partial charge on any atom is 0.348 e. The topological polar surface area (TPSA) is 67.9 Å². The Kier molecular flexibility index (Phi) is 5.01. The lowest BCUT2D eigenvalue weighted by Crippen LogP contribution is -2.46. The van der Waals surface area contributed by atoms with Gasteiger partial charge in [-0.25, -0.2) is 9.59 Å². The van der Waals surface area contributed by atoms with Gasteiger partial charge in [0.15, 0.2) is 0 Å². The number of urea groups is 1. The second-order valence-electron chi connectivity index (χ2n) is 5.64. The summed E-state index contributed by atoms with van der Waals surface area (Å²) in [7, 11) is 0. The Hall–Kier alpha value is -2.12. The molecule has 3 rings (SSSR count). The molecule has 2 aromatic rings. The number of amides is 2. The van der Waals surface area contributed by atoms with E-state index in [0.29, 0.717) is 36.9 Å². The van der Waals surface area contributed by atoms with Crippen LogP contribution in [0.15, 0.2) is 24.3 Å². The smallest absolute Gasteiger partial charge is 0.348 e. The van der Waals surface area contributed by atoms with Crippen LogP contribution in [-0.2, 0) is 9.47 Å². The predicted octanol–water partition coefficient (Wildman–Crippen LogP) is 3.33. The van der Waals surface area contributed by atoms with E-state index >= 15 is 0 Å². The summed E-state index contributed by atoms with van der Waals surface area (Å²) in [5.41, 5.74) is 0.708. The summed E-state index contributed by atoms with van der Waals surface area (Å²) in [5, 5.41) is 3.82. The molecule has 1 saturated heterocycles. The molecule has 0 bridgehead atoms. The number of hydrogen-bond acceptors (Lipinski definition) is 5. The number of hydrogen-bond donors (Lipinski definition) is 1. The zero-order valence-corrected chi connectivity index (χ0v) is 14.5. The molecule has 2 amide bonds. The molecule has 24 heavy (non-hydrogen) atoms. The van der Waals surface area contributed by atoms with Gasteiger partial charge in [0.1, 0.15) is 4.88 Å². The van der Waals surface area contributed by atoms with Crippen LogP contribution in [0, 0.1) is 0 Å². The Labute approximate surface area is 144 Å². The molecular weight excluding hydrogens is 328 g/mol. The average Bonchev–Trinajstić information content (AvgIpc) is 2.98. The van der Waals surface area contributed by atoms with Gasteiger partial charge < -0.3 is 19.7 Å². The van der Waals surface area contributed by atoms with Crippen molar-refractivity contribution in [3.8, 4) is 0 Å². The van der Waals surface area contributed by atoms with Crippen molar-refractivity contribution in [3.05, 3.63) is 29.1 Å². The number of anilines is 1. The first-order chi connectivity index (χ1) is 11.6. The van der Waals surface area contributed by atoms with Crippen molar-refractivity contribution in [1.82, 2.24) is 4.90 Å². The van der Waals surface area contributed by atoms with Crippen LogP contribution in [0.4, 0.5) is 10.5 Å². The normalized spacial score (nSPS) is 17.8. The zero-order valence-electron chi connectivity index (χ0n) is 13.7. The largest absolute Gasteiger partial charge is 0.462 e. The second-order valence-corrected chi connectivity index (χ2v) is 6.73. The maximum absolute atomic E-state index is 12.3. The van der Waals surface area contributed by atoms with Crippen LogP contribution >= 0.6 is 11.3 Å². The third kappa shape index (κ3) is 3.68. The van der Waals surface area contributed by atoms with Gasteiger partial charge in [0, 0.05) is 23.5 Å². The summed E-state index contributed by atoms with van der Waals surface area (Å²) in [6.45, 7) is 5.82. The van der Waals surface area contributed by atoms with Gasteiger partial charge >= 0.3 is 12.0 Å². The van der Waals surface area contributed by atoms with E-state index in [9.17, 15) is 9.59 Å². The van der Waals surface area contributed by atoms with Crippen molar-refractivity contribution >= 4 is 39.1 Å². The highest BCUT2D eigenvalue weighted by molar-refractivity contribution is 7.20. The van der Waals surface area contributed by atoms with E-state index in [1.165, 1.54) is 11.3 Å². The highest BCUT2D eigenvalue weighted by atomic mass is 32.1. The van der Waals surface area contributed by atoms with Gasteiger partial charge in [0.2, 0.25) is 0 Å². The van der Waals surface area contributed by atoms with Crippen molar-refractivity contribution in [3.63, 3.8) is 0 Å². The highest BCUT2D eigenvalue weighted by Crippen LogP contribution is 2.28. The summed E-state index contributed by atoms with van der Waals surface area (Å²) in [4.78, 5) is 26.5. The van der Waals surface area contributed by atoms with Gasteiger partial charge in [-0.2, -0.15) is 0 Å². The molecule has 1 atom stereocenters. The van der Waals surface area contributed by atoms with Crippen LogP contribution in [0.2, 0.25) is 0 Å². The van der Waals surface area contributed by atoms with E-state index < -0.39 is 0 Å². The number of carbonyl (C=O) groups excluding carboxylic acids is 2. The third-order valence-electron chi connectivity index (χ3n) is 3.77. The molecule has 1 aliphatic rings. The van der Waals surface area contributed by atoms with Crippen molar-refractivity contribution in [2.24, 2.45) is 0 Å². The van der Waals surface area contributed by atoms with Crippen LogP contribution in [-0.4, -0.2) is 49.3 Å². The number of carbonyl (C=O) groups is 2. The van der Waals surface area contributed by atoms with E-state index in [-0.39, 0.29) is 18.1 Å². The van der Waals surface area contributed by atoms with Gasteiger partial charge in [-0.15, -0.1) is 11.3 Å². The molecule has 1 aromatic carbocycles. The van der Waals surface area contributed by atoms with Crippen LogP contribution < -0.4 is 5.32 Å². The van der Waals surface area contributed by atoms with Crippen molar-refractivity contribution in [2.45, 2.75) is 20.0 Å². The van der Waals surface area contributed by atoms with Gasteiger partial charge in [-0.1, -0.05) is 0 Å². The first-order valence-corrected chi connectivity index (χ1v) is 8.76. The number of morpholine rings is 1. The molecule has 0 spiro atoms. The fourth-order valence-electron chi connectivity index (χ4n) is 2.63. The first-order valence-electron chi connectivity index (χ1n) is 7.95. The first kappa shape index (κ1) is 16.7. The van der Waals surface area contributed by atoms with E-state index in [2.05, 4.69) is 5.32 Å². The van der Waals surface area contributed by atoms with Crippen LogP contribution in [0.25, 0.3) is 10.1 Å². The standard InChI is InChI=1S/C17H20N2O4S/c1-3-22-16(20)15-9-12-8-13(4-5-14(12)24-15)18-17(21)19-6-7-23-11(2)10-19/h4-5,8-9,11H,3,6-7,10H2,1-2H3,(H,18,21)/t11-/m1/s1. The van der Waals surface area contributed by atoms with E-state index in [0.717, 1.165) is 10.1 Å². The van der Waals surface area contributed by atoms with Crippen molar-refractivity contribution < 1.29 is 19.1 Å². The number of ether oxygens (including phenoxy) is 2. The highest BCUT2D eigenvalue weighted by Gasteiger charge is 2.21. The average molecular weight is 348 g/mol. The monoisotopic (exact) mass is 348 g/mol. The summed E-state index contributed by atoms with van der Waals surface area (Å²) in [5.74, 6) is -0.313. The number of fused-ring (bicyclic) bond motifs is 1. The fraction of sp³-hybridized carbons (Fsp3) is 0.412. The summed E-state index contributed by atoms with van der Waals surface area (Å²) < 4.78 is 11.5. The van der Waals surface area contributed by atoms with Crippen molar-refractivity contribution in [1.29, 1.82) is 0 Å². The summed E-state index contributed by atoms with van der Waals surface area (Å²) in [6.07, 6.45) is 0.0518. The Morgan fingerprint density at radius 3 is 3.00 bits per heavy atom. The molecule has 0 radical (unpaired) electrons. The predicted molar refractivity (Wildman–Crippen MR) is 93.8 cm³/mol. The second kappa shape index (κ2) is 7.19. The number of esters is 1. The van der Waals surface area contributed by atoms with Gasteiger partial charge in [0.05, 0.1) is 19.3 Å². The van der Waals surface area contributed by atoms with Crippen LogP contribution in [0.1, 0.15) is 23.5 Å². The lowest BCUT2D eigenvalue weighted by molar-refractivity contribution is -0.00138. The van der Waals surface area contributed by atoms with Gasteiger partial charge in [-0.3, -0.25) is 0 Å². The molecule has 1 aromatic heterocycles. The number of thiophene rings is 1. The molecule has 0 unspecified atom stereocenters. The Morgan fingerprint density at radius 1 is 1.42 bits per heavy atom. The molecule has 1 fully saturated rings. The fourth-order valence-corrected chi connectivity index (χ4v) is 3.57. The minimum atomic E-state index is -0.313. The lowest BCUT2D eigenvalue weighted by atomic mass is 10.2. The molecule has 1 N–H and O–H groups in total. The van der Waals surface area contributed by atoms with E-state index in [1.54, 1.807) is 17.9 Å². The van der Waals surface area contributed by atoms with E-state index in [1.807, 2.05) is 25.1 Å². The number of rotatable bonds is 3. The molecule has 0 aliphatic carbocycles. The molecule has 6 nitrogen and oxygen atoms in total.